The Labute approximate surface area is 236 Å². The molecule has 1 N–H and O–H groups in total. The molecule has 10 heteroatoms. The maximum Gasteiger partial charge on any atom is 0.243 e. The van der Waals surface area contributed by atoms with Crippen LogP contribution in [-0.2, 0) is 28.0 Å². The fraction of sp³-hybridized carbons (Fsp3) is 0.107. The third-order valence-electron chi connectivity index (χ3n) is 5.52. The Morgan fingerprint density at radius 3 is 2.13 bits per heavy atom. The van der Waals surface area contributed by atoms with E-state index in [4.69, 9.17) is 39.5 Å². The van der Waals surface area contributed by atoms with Crippen LogP contribution in [-0.4, -0.2) is 25.2 Å². The number of nitrogens with zero attached hydrogens (tertiary/aromatic N) is 1. The molecule has 0 atom stereocenters. The summed E-state index contributed by atoms with van der Waals surface area (Å²) >= 11 is 18.2. The summed E-state index contributed by atoms with van der Waals surface area (Å²) in [4.78, 5) is 13.0. The van der Waals surface area contributed by atoms with Crippen LogP contribution in [0.15, 0.2) is 102 Å². The van der Waals surface area contributed by atoms with Gasteiger partial charge in [-0.2, -0.15) is 4.31 Å². The Bertz CT molecular complexity index is 1500. The number of carbonyl (C=O) groups excluding carboxylic acids is 1. The third kappa shape index (κ3) is 7.49. The van der Waals surface area contributed by atoms with Gasteiger partial charge >= 0.3 is 0 Å². The van der Waals surface area contributed by atoms with Crippen LogP contribution in [0.3, 0.4) is 0 Å². The number of hydrogen-bond acceptors (Lipinski definition) is 4. The van der Waals surface area contributed by atoms with E-state index in [9.17, 15) is 13.2 Å². The van der Waals surface area contributed by atoms with Crippen molar-refractivity contribution in [3.63, 3.8) is 0 Å². The van der Waals surface area contributed by atoms with Gasteiger partial charge < -0.3 is 10.1 Å². The maximum absolute atomic E-state index is 13.5. The zero-order chi connectivity index (χ0) is 27.1. The Morgan fingerprint density at radius 2 is 1.47 bits per heavy atom. The summed E-state index contributed by atoms with van der Waals surface area (Å²) in [5.41, 5.74) is 2.03. The molecular formula is C28H23Cl3N2O4S. The number of amides is 1. The van der Waals surface area contributed by atoms with E-state index in [1.807, 2.05) is 30.3 Å². The molecule has 6 nitrogen and oxygen atoms in total. The van der Waals surface area contributed by atoms with E-state index in [0.29, 0.717) is 38.7 Å². The van der Waals surface area contributed by atoms with E-state index in [0.717, 1.165) is 9.87 Å². The van der Waals surface area contributed by atoms with Crippen LogP contribution in [0.2, 0.25) is 15.1 Å². The average Bonchev–Trinajstić information content (AvgIpc) is 2.90. The summed E-state index contributed by atoms with van der Waals surface area (Å²) < 4.78 is 33.8. The van der Waals surface area contributed by atoms with Gasteiger partial charge in [-0.3, -0.25) is 4.79 Å². The fourth-order valence-electron chi connectivity index (χ4n) is 3.56. The standard InChI is InChI=1S/C28H23Cl3N2O4S/c29-22-8-14-26(15-9-22)38(35,36)33(17-21-6-7-23(30)16-27(21)31)18-28(34)32-24-10-12-25(13-11-24)37-19-20-4-2-1-3-5-20/h1-16H,17-19H2,(H,32,34). The van der Waals surface area contributed by atoms with Gasteiger partial charge in [0.05, 0.1) is 11.4 Å². The minimum Gasteiger partial charge on any atom is -0.489 e. The van der Waals surface area contributed by atoms with Crippen molar-refractivity contribution >= 4 is 56.4 Å². The first-order chi connectivity index (χ1) is 18.2. The predicted octanol–water partition coefficient (Wildman–Crippen LogP) is 7.06. The summed E-state index contributed by atoms with van der Waals surface area (Å²) in [5, 5.41) is 3.84. The molecule has 0 bridgehead atoms. The predicted molar refractivity (Wildman–Crippen MR) is 151 cm³/mol. The third-order valence-corrected chi connectivity index (χ3v) is 8.16. The second-order valence-electron chi connectivity index (χ2n) is 8.31. The quantitative estimate of drug-likeness (QED) is 0.215. The molecule has 0 aliphatic rings. The van der Waals surface area contributed by atoms with E-state index in [1.165, 1.54) is 30.3 Å². The normalized spacial score (nSPS) is 11.4. The van der Waals surface area contributed by atoms with Crippen molar-refractivity contribution in [2.24, 2.45) is 0 Å². The minimum absolute atomic E-state index is 0.000274. The number of nitrogens with one attached hydrogen (secondary N) is 1. The number of benzene rings is 4. The van der Waals surface area contributed by atoms with Crippen molar-refractivity contribution in [2.75, 3.05) is 11.9 Å². The number of rotatable bonds is 10. The van der Waals surface area contributed by atoms with Gasteiger partial charge in [-0.05, 0) is 71.8 Å². The molecule has 4 aromatic carbocycles. The Kier molecular flexibility index (Phi) is 9.31. The zero-order valence-corrected chi connectivity index (χ0v) is 23.1. The molecule has 4 aromatic rings. The fourth-order valence-corrected chi connectivity index (χ4v) is 5.53. The van der Waals surface area contributed by atoms with Gasteiger partial charge in [0.1, 0.15) is 12.4 Å². The van der Waals surface area contributed by atoms with Crippen molar-refractivity contribution in [3.05, 3.63) is 123 Å². The highest BCUT2D eigenvalue weighted by atomic mass is 35.5. The lowest BCUT2D eigenvalue weighted by molar-refractivity contribution is -0.116. The van der Waals surface area contributed by atoms with Gasteiger partial charge in [0.2, 0.25) is 15.9 Å². The molecular weight excluding hydrogens is 567 g/mol. The van der Waals surface area contributed by atoms with Crippen LogP contribution in [0.4, 0.5) is 5.69 Å². The zero-order valence-electron chi connectivity index (χ0n) is 20.0. The smallest absolute Gasteiger partial charge is 0.243 e. The number of ether oxygens (including phenoxy) is 1. The first-order valence-electron chi connectivity index (χ1n) is 11.5. The van der Waals surface area contributed by atoms with E-state index >= 15 is 0 Å². The molecule has 0 aromatic heterocycles. The molecule has 0 saturated heterocycles. The number of sulfonamides is 1. The van der Waals surface area contributed by atoms with Gasteiger partial charge in [0.25, 0.3) is 0 Å². The van der Waals surface area contributed by atoms with Crippen LogP contribution in [0.5, 0.6) is 5.75 Å². The van der Waals surface area contributed by atoms with Gasteiger partial charge in [0, 0.05) is 27.3 Å². The highest BCUT2D eigenvalue weighted by Gasteiger charge is 2.27. The maximum atomic E-state index is 13.5. The lowest BCUT2D eigenvalue weighted by Gasteiger charge is -2.22. The Hall–Kier alpha value is -3.07. The van der Waals surface area contributed by atoms with Gasteiger partial charge in [-0.25, -0.2) is 8.42 Å². The summed E-state index contributed by atoms with van der Waals surface area (Å²) in [6.07, 6.45) is 0. The average molecular weight is 590 g/mol. The van der Waals surface area contributed by atoms with Crippen molar-refractivity contribution in [2.45, 2.75) is 18.0 Å². The van der Waals surface area contributed by atoms with E-state index < -0.39 is 22.5 Å². The van der Waals surface area contributed by atoms with Crippen molar-refractivity contribution in [1.29, 1.82) is 0 Å². The molecule has 0 aliphatic heterocycles. The van der Waals surface area contributed by atoms with Crippen LogP contribution in [0.25, 0.3) is 0 Å². The largest absolute Gasteiger partial charge is 0.489 e. The minimum atomic E-state index is -4.07. The van der Waals surface area contributed by atoms with Gasteiger partial charge in [0.15, 0.2) is 0 Å². The summed E-state index contributed by atoms with van der Waals surface area (Å²) in [6, 6.07) is 27.1. The first-order valence-corrected chi connectivity index (χ1v) is 14.0. The van der Waals surface area contributed by atoms with E-state index in [1.54, 1.807) is 36.4 Å². The van der Waals surface area contributed by atoms with Crippen LogP contribution in [0, 0.1) is 0 Å². The molecule has 0 radical (unpaired) electrons. The molecule has 0 aliphatic carbocycles. The van der Waals surface area contributed by atoms with Crippen molar-refractivity contribution in [3.8, 4) is 5.75 Å². The molecule has 196 valence electrons. The monoisotopic (exact) mass is 588 g/mol. The number of carbonyl (C=O) groups is 1. The number of hydrogen-bond donors (Lipinski definition) is 1. The van der Waals surface area contributed by atoms with Crippen LogP contribution in [0.1, 0.15) is 11.1 Å². The highest BCUT2D eigenvalue weighted by molar-refractivity contribution is 7.89. The van der Waals surface area contributed by atoms with Crippen LogP contribution < -0.4 is 10.1 Å². The molecule has 0 spiro atoms. The second-order valence-corrected chi connectivity index (χ2v) is 11.5. The molecule has 0 saturated carbocycles. The molecule has 0 unspecified atom stereocenters. The molecule has 4 rings (SSSR count). The Balaban J connectivity index is 1.48. The summed E-state index contributed by atoms with van der Waals surface area (Å²) in [5.74, 6) is 0.113. The number of anilines is 1. The SMILES string of the molecule is O=C(CN(Cc1ccc(Cl)cc1Cl)S(=O)(=O)c1ccc(Cl)cc1)Nc1ccc(OCc2ccccc2)cc1. The highest BCUT2D eigenvalue weighted by Crippen LogP contribution is 2.26. The molecule has 0 heterocycles. The van der Waals surface area contributed by atoms with E-state index in [-0.39, 0.29) is 11.4 Å². The summed E-state index contributed by atoms with van der Waals surface area (Å²) in [7, 11) is -4.07. The first kappa shape index (κ1) is 28.0. The van der Waals surface area contributed by atoms with Crippen LogP contribution >= 0.6 is 34.8 Å². The van der Waals surface area contributed by atoms with Crippen molar-refractivity contribution < 1.29 is 17.9 Å². The lowest BCUT2D eigenvalue weighted by Crippen LogP contribution is -2.37. The molecule has 0 fully saturated rings. The van der Waals surface area contributed by atoms with Crippen molar-refractivity contribution in [1.82, 2.24) is 4.31 Å². The van der Waals surface area contributed by atoms with Gasteiger partial charge in [-0.15, -0.1) is 0 Å². The molecule has 38 heavy (non-hydrogen) atoms. The van der Waals surface area contributed by atoms with Gasteiger partial charge in [-0.1, -0.05) is 71.2 Å². The second kappa shape index (κ2) is 12.7. The number of halogens is 3. The lowest BCUT2D eigenvalue weighted by atomic mass is 10.2. The molecule has 1 amide bonds. The van der Waals surface area contributed by atoms with E-state index in [2.05, 4.69) is 5.32 Å². The Morgan fingerprint density at radius 1 is 0.816 bits per heavy atom. The summed E-state index contributed by atoms with van der Waals surface area (Å²) in [6.45, 7) is -0.172. The topological polar surface area (TPSA) is 75.7 Å².